The van der Waals surface area contributed by atoms with Gasteiger partial charge in [-0.05, 0) is 44.4 Å². The number of thioether (sulfide) groups is 1. The average molecular weight is 424 g/mol. The summed E-state index contributed by atoms with van der Waals surface area (Å²) in [6, 6.07) is 5.21. The molecule has 1 saturated heterocycles. The number of benzene rings is 1. The van der Waals surface area contributed by atoms with Gasteiger partial charge in [0.2, 0.25) is 5.91 Å². The van der Waals surface area contributed by atoms with Crippen LogP contribution >= 0.6 is 23.4 Å². The van der Waals surface area contributed by atoms with E-state index in [2.05, 4.69) is 17.2 Å². The van der Waals surface area contributed by atoms with E-state index in [1.165, 1.54) is 11.8 Å². The molecule has 152 valence electrons. The van der Waals surface area contributed by atoms with Crippen molar-refractivity contribution >= 4 is 40.2 Å². The third-order valence-corrected chi connectivity index (χ3v) is 5.97. The van der Waals surface area contributed by atoms with Crippen molar-refractivity contribution in [2.24, 2.45) is 0 Å². The Morgan fingerprint density at radius 3 is 3.04 bits per heavy atom. The van der Waals surface area contributed by atoms with Gasteiger partial charge >= 0.3 is 0 Å². The standard InChI is InChI=1S/C20H26ClN3O3S/c1-3-5-13(2)22-18(25)12-28-20-23-17-10-14(21)7-8-16(17)19(26)24(20)11-15-6-4-9-27-15/h7-8,10,13,15H,3-6,9,11-12H2,1-2H3,(H,22,25)/t13-,15-/m1/s1. The molecular weight excluding hydrogens is 398 g/mol. The molecule has 2 atom stereocenters. The summed E-state index contributed by atoms with van der Waals surface area (Å²) < 4.78 is 7.34. The van der Waals surface area contributed by atoms with E-state index in [4.69, 9.17) is 16.3 Å². The third-order valence-electron chi connectivity index (χ3n) is 4.75. The highest BCUT2D eigenvalue weighted by atomic mass is 35.5. The molecule has 0 aliphatic carbocycles. The quantitative estimate of drug-likeness (QED) is 0.518. The minimum absolute atomic E-state index is 0.00185. The summed E-state index contributed by atoms with van der Waals surface area (Å²) in [7, 11) is 0. The van der Waals surface area contributed by atoms with Gasteiger partial charge in [-0.3, -0.25) is 14.2 Å². The number of aromatic nitrogens is 2. The number of halogens is 1. The zero-order valence-corrected chi connectivity index (χ0v) is 17.8. The summed E-state index contributed by atoms with van der Waals surface area (Å²) >= 11 is 7.35. The van der Waals surface area contributed by atoms with Crippen molar-refractivity contribution in [2.45, 2.75) is 63.4 Å². The molecule has 6 nitrogen and oxygen atoms in total. The fourth-order valence-corrected chi connectivity index (χ4v) is 4.37. The minimum Gasteiger partial charge on any atom is -0.376 e. The molecule has 1 N–H and O–H groups in total. The highest BCUT2D eigenvalue weighted by molar-refractivity contribution is 7.99. The Kier molecular flexibility index (Phi) is 7.37. The second kappa shape index (κ2) is 9.76. The Morgan fingerprint density at radius 1 is 1.50 bits per heavy atom. The van der Waals surface area contributed by atoms with Gasteiger partial charge in [-0.15, -0.1) is 0 Å². The average Bonchev–Trinajstić information content (AvgIpc) is 3.16. The number of carbonyl (C=O) groups excluding carboxylic acids is 1. The molecule has 1 fully saturated rings. The molecule has 0 radical (unpaired) electrons. The Hall–Kier alpha value is -1.57. The predicted molar refractivity (Wildman–Crippen MR) is 113 cm³/mol. The van der Waals surface area contributed by atoms with Crippen molar-refractivity contribution in [3.8, 4) is 0 Å². The smallest absolute Gasteiger partial charge is 0.262 e. The van der Waals surface area contributed by atoms with Gasteiger partial charge in [0.1, 0.15) is 0 Å². The van der Waals surface area contributed by atoms with E-state index in [9.17, 15) is 9.59 Å². The van der Waals surface area contributed by atoms with Crippen LogP contribution in [0, 0.1) is 0 Å². The van der Waals surface area contributed by atoms with Crippen molar-refractivity contribution in [1.82, 2.24) is 14.9 Å². The Balaban J connectivity index is 1.85. The molecule has 8 heteroatoms. The van der Waals surface area contributed by atoms with Crippen LogP contribution in [0.25, 0.3) is 10.9 Å². The maximum Gasteiger partial charge on any atom is 0.262 e. The van der Waals surface area contributed by atoms with Crippen LogP contribution < -0.4 is 10.9 Å². The van der Waals surface area contributed by atoms with Crippen molar-refractivity contribution in [3.63, 3.8) is 0 Å². The van der Waals surface area contributed by atoms with Gasteiger partial charge in [0.05, 0.1) is 29.3 Å². The molecule has 2 aromatic rings. The zero-order chi connectivity index (χ0) is 20.1. The van der Waals surface area contributed by atoms with E-state index in [0.29, 0.717) is 27.6 Å². The van der Waals surface area contributed by atoms with Crippen LogP contribution in [0.1, 0.15) is 39.5 Å². The first kappa shape index (κ1) is 21.1. The van der Waals surface area contributed by atoms with Crippen LogP contribution in [0.5, 0.6) is 0 Å². The van der Waals surface area contributed by atoms with E-state index >= 15 is 0 Å². The Bertz CT molecular complexity index is 896. The summed E-state index contributed by atoms with van der Waals surface area (Å²) in [6.07, 6.45) is 3.87. The second-order valence-electron chi connectivity index (χ2n) is 7.15. The van der Waals surface area contributed by atoms with Gasteiger partial charge in [0.15, 0.2) is 5.16 Å². The number of amides is 1. The molecule has 1 aromatic carbocycles. The maximum atomic E-state index is 13.1. The van der Waals surface area contributed by atoms with E-state index in [0.717, 1.165) is 32.3 Å². The topological polar surface area (TPSA) is 73.2 Å². The van der Waals surface area contributed by atoms with Gasteiger partial charge in [-0.1, -0.05) is 36.7 Å². The summed E-state index contributed by atoms with van der Waals surface area (Å²) in [5.41, 5.74) is 0.419. The van der Waals surface area contributed by atoms with Crippen LogP contribution in [0.15, 0.2) is 28.2 Å². The first-order chi connectivity index (χ1) is 13.5. The summed E-state index contributed by atoms with van der Waals surface area (Å²) in [4.78, 5) is 30.0. The summed E-state index contributed by atoms with van der Waals surface area (Å²) in [5.74, 6) is 0.146. The van der Waals surface area contributed by atoms with Crippen LogP contribution in [0.3, 0.4) is 0 Å². The van der Waals surface area contributed by atoms with Crippen molar-refractivity contribution < 1.29 is 9.53 Å². The number of ether oxygens (including phenoxy) is 1. The van der Waals surface area contributed by atoms with Gasteiger partial charge < -0.3 is 10.1 Å². The van der Waals surface area contributed by atoms with Crippen molar-refractivity contribution in [2.75, 3.05) is 12.4 Å². The summed E-state index contributed by atoms with van der Waals surface area (Å²) in [6.45, 7) is 5.25. The second-order valence-corrected chi connectivity index (χ2v) is 8.53. The van der Waals surface area contributed by atoms with Gasteiger partial charge in [0, 0.05) is 17.7 Å². The largest absolute Gasteiger partial charge is 0.376 e. The molecule has 0 unspecified atom stereocenters. The minimum atomic E-state index is -0.126. The van der Waals surface area contributed by atoms with Crippen LogP contribution in [-0.2, 0) is 16.1 Å². The molecule has 0 saturated carbocycles. The van der Waals surface area contributed by atoms with Crippen molar-refractivity contribution in [1.29, 1.82) is 0 Å². The number of nitrogens with zero attached hydrogens (tertiary/aromatic N) is 2. The third kappa shape index (κ3) is 5.27. The van der Waals surface area contributed by atoms with E-state index < -0.39 is 0 Å². The number of hydrogen-bond acceptors (Lipinski definition) is 5. The predicted octanol–water partition coefficient (Wildman–Crippen LogP) is 3.63. The molecule has 3 rings (SSSR count). The first-order valence-electron chi connectivity index (χ1n) is 9.71. The highest BCUT2D eigenvalue weighted by Crippen LogP contribution is 2.22. The number of nitrogens with one attached hydrogen (secondary N) is 1. The maximum absolute atomic E-state index is 13.1. The van der Waals surface area contributed by atoms with E-state index in [-0.39, 0.29) is 29.4 Å². The van der Waals surface area contributed by atoms with Crippen LogP contribution in [0.2, 0.25) is 5.02 Å². The van der Waals surface area contributed by atoms with E-state index in [1.807, 2.05) is 6.92 Å². The molecule has 1 aliphatic rings. The molecule has 28 heavy (non-hydrogen) atoms. The fourth-order valence-electron chi connectivity index (χ4n) is 3.39. The van der Waals surface area contributed by atoms with Crippen molar-refractivity contribution in [3.05, 3.63) is 33.6 Å². The summed E-state index contributed by atoms with van der Waals surface area (Å²) in [5, 5.41) is 4.55. The van der Waals surface area contributed by atoms with Gasteiger partial charge in [0.25, 0.3) is 5.56 Å². The normalized spacial score (nSPS) is 17.8. The first-order valence-corrected chi connectivity index (χ1v) is 11.1. The molecule has 1 amide bonds. The zero-order valence-electron chi connectivity index (χ0n) is 16.2. The lowest BCUT2D eigenvalue weighted by molar-refractivity contribution is -0.119. The van der Waals surface area contributed by atoms with Crippen LogP contribution in [0.4, 0.5) is 0 Å². The molecule has 2 heterocycles. The molecular formula is C20H26ClN3O3S. The Morgan fingerprint density at radius 2 is 2.32 bits per heavy atom. The fraction of sp³-hybridized carbons (Fsp3) is 0.550. The van der Waals surface area contributed by atoms with E-state index in [1.54, 1.807) is 22.8 Å². The monoisotopic (exact) mass is 423 g/mol. The Labute approximate surface area is 174 Å². The molecule has 0 bridgehead atoms. The van der Waals surface area contributed by atoms with Gasteiger partial charge in [-0.25, -0.2) is 4.98 Å². The SMILES string of the molecule is CCC[C@@H](C)NC(=O)CSc1nc2cc(Cl)ccc2c(=O)n1C[C@H]1CCCO1. The number of hydrogen-bond donors (Lipinski definition) is 1. The molecule has 1 aliphatic heterocycles. The molecule has 1 aromatic heterocycles. The number of fused-ring (bicyclic) bond motifs is 1. The van der Waals surface area contributed by atoms with Gasteiger partial charge in [-0.2, -0.15) is 0 Å². The lowest BCUT2D eigenvalue weighted by Gasteiger charge is -2.17. The number of rotatable bonds is 8. The highest BCUT2D eigenvalue weighted by Gasteiger charge is 2.21. The van der Waals surface area contributed by atoms with Crippen LogP contribution in [-0.4, -0.2) is 40.0 Å². The lowest BCUT2D eigenvalue weighted by atomic mass is 10.2. The number of carbonyl (C=O) groups is 1. The lowest BCUT2D eigenvalue weighted by Crippen LogP contribution is -2.34. The molecule has 0 spiro atoms.